The number of nitrogens with two attached hydrogens (primary N) is 2. The minimum absolute atomic E-state index is 0.0564. The number of hydrogen-bond donors (Lipinski definition) is 4. The molecule has 0 radical (unpaired) electrons. The van der Waals surface area contributed by atoms with Crippen LogP contribution in [-0.4, -0.2) is 29.0 Å². The SMILES string of the molecule is NC(N)=Nc1ccccc1CC(NC(=O)c1ccccc1)C(=O)O. The van der Waals surface area contributed by atoms with Gasteiger partial charge in [-0.15, -0.1) is 0 Å². The molecule has 124 valence electrons. The molecule has 0 spiro atoms. The van der Waals surface area contributed by atoms with E-state index in [1.54, 1.807) is 54.6 Å². The van der Waals surface area contributed by atoms with Crippen molar-refractivity contribution in [2.45, 2.75) is 12.5 Å². The molecule has 0 aromatic heterocycles. The summed E-state index contributed by atoms with van der Waals surface area (Å²) in [4.78, 5) is 27.7. The first-order chi connectivity index (χ1) is 11.5. The van der Waals surface area contributed by atoms with Gasteiger partial charge in [-0.05, 0) is 23.8 Å². The summed E-state index contributed by atoms with van der Waals surface area (Å²) in [6.45, 7) is 0. The Bertz CT molecular complexity index is 755. The lowest BCUT2D eigenvalue weighted by Crippen LogP contribution is -2.42. The van der Waals surface area contributed by atoms with E-state index in [1.807, 2.05) is 0 Å². The molecule has 0 saturated carbocycles. The van der Waals surface area contributed by atoms with Gasteiger partial charge in [0.2, 0.25) is 0 Å². The molecular formula is C17H18N4O3. The third-order valence-corrected chi connectivity index (χ3v) is 3.30. The largest absolute Gasteiger partial charge is 0.480 e. The second-order valence-electron chi connectivity index (χ2n) is 5.10. The predicted molar refractivity (Wildman–Crippen MR) is 90.9 cm³/mol. The van der Waals surface area contributed by atoms with Gasteiger partial charge >= 0.3 is 5.97 Å². The van der Waals surface area contributed by atoms with Crippen molar-refractivity contribution in [3.05, 3.63) is 65.7 Å². The average molecular weight is 326 g/mol. The van der Waals surface area contributed by atoms with Gasteiger partial charge in [0.05, 0.1) is 5.69 Å². The number of hydrogen-bond acceptors (Lipinski definition) is 3. The monoisotopic (exact) mass is 326 g/mol. The van der Waals surface area contributed by atoms with E-state index in [9.17, 15) is 14.7 Å². The molecule has 24 heavy (non-hydrogen) atoms. The first kappa shape index (κ1) is 17.0. The van der Waals surface area contributed by atoms with Crippen LogP contribution in [0.3, 0.4) is 0 Å². The molecule has 1 atom stereocenters. The number of carboxylic acids is 1. The van der Waals surface area contributed by atoms with E-state index in [0.717, 1.165) is 0 Å². The van der Waals surface area contributed by atoms with E-state index in [1.165, 1.54) is 0 Å². The lowest BCUT2D eigenvalue weighted by Gasteiger charge is -2.16. The van der Waals surface area contributed by atoms with Crippen LogP contribution in [0.5, 0.6) is 0 Å². The predicted octanol–water partition coefficient (Wildman–Crippen LogP) is 1.02. The Balaban J connectivity index is 2.20. The summed E-state index contributed by atoms with van der Waals surface area (Å²) in [5, 5.41) is 11.9. The smallest absolute Gasteiger partial charge is 0.326 e. The van der Waals surface area contributed by atoms with Crippen LogP contribution in [0.25, 0.3) is 0 Å². The number of carbonyl (C=O) groups excluding carboxylic acids is 1. The molecule has 0 aliphatic rings. The molecular weight excluding hydrogens is 308 g/mol. The van der Waals surface area contributed by atoms with Gasteiger partial charge in [-0.2, -0.15) is 0 Å². The van der Waals surface area contributed by atoms with Crippen LogP contribution in [0.2, 0.25) is 0 Å². The van der Waals surface area contributed by atoms with Gasteiger partial charge < -0.3 is 21.9 Å². The summed E-state index contributed by atoms with van der Waals surface area (Å²) in [6, 6.07) is 14.2. The van der Waals surface area contributed by atoms with Gasteiger partial charge in [0, 0.05) is 12.0 Å². The van der Waals surface area contributed by atoms with E-state index < -0.39 is 17.9 Å². The van der Waals surface area contributed by atoms with Crippen molar-refractivity contribution in [1.82, 2.24) is 5.32 Å². The number of amides is 1. The molecule has 0 aliphatic heterocycles. The first-order valence-corrected chi connectivity index (χ1v) is 7.23. The van der Waals surface area contributed by atoms with Crippen molar-refractivity contribution in [2.24, 2.45) is 16.5 Å². The number of aliphatic imine (C=N–C) groups is 1. The fraction of sp³-hybridized carbons (Fsp3) is 0.118. The normalized spacial score (nSPS) is 11.3. The molecule has 1 amide bonds. The maximum Gasteiger partial charge on any atom is 0.326 e. The van der Waals surface area contributed by atoms with Crippen molar-refractivity contribution >= 4 is 23.5 Å². The maximum absolute atomic E-state index is 12.2. The zero-order valence-corrected chi connectivity index (χ0v) is 12.8. The average Bonchev–Trinajstić information content (AvgIpc) is 2.56. The highest BCUT2D eigenvalue weighted by atomic mass is 16.4. The molecule has 2 aromatic carbocycles. The van der Waals surface area contributed by atoms with Gasteiger partial charge in [-0.3, -0.25) is 4.79 Å². The summed E-state index contributed by atoms with van der Waals surface area (Å²) in [5.41, 5.74) is 12.2. The zero-order chi connectivity index (χ0) is 17.5. The number of guanidine groups is 1. The molecule has 7 nitrogen and oxygen atoms in total. The number of nitrogens with zero attached hydrogens (tertiary/aromatic N) is 1. The molecule has 0 aliphatic carbocycles. The number of nitrogens with one attached hydrogen (secondary N) is 1. The standard InChI is InChI=1S/C17H18N4O3/c18-17(19)21-13-9-5-4-8-12(13)10-14(16(23)24)20-15(22)11-6-2-1-3-7-11/h1-9,14H,10H2,(H,20,22)(H,23,24)(H4,18,19,21). The van der Waals surface area contributed by atoms with Gasteiger partial charge in [-0.1, -0.05) is 36.4 Å². The summed E-state index contributed by atoms with van der Waals surface area (Å²) in [5.74, 6) is -1.72. The lowest BCUT2D eigenvalue weighted by atomic mass is 10.0. The minimum atomic E-state index is -1.14. The highest BCUT2D eigenvalue weighted by molar-refractivity contribution is 5.96. The van der Waals surface area contributed by atoms with Crippen LogP contribution in [0.4, 0.5) is 5.69 Å². The van der Waals surface area contributed by atoms with E-state index >= 15 is 0 Å². The lowest BCUT2D eigenvalue weighted by molar-refractivity contribution is -0.139. The van der Waals surface area contributed by atoms with Crippen molar-refractivity contribution in [3.63, 3.8) is 0 Å². The molecule has 7 heteroatoms. The quantitative estimate of drug-likeness (QED) is 0.465. The van der Waals surface area contributed by atoms with Gasteiger partial charge in [0.1, 0.15) is 6.04 Å². The zero-order valence-electron chi connectivity index (χ0n) is 12.8. The number of carboxylic acid groups (broad SMARTS) is 1. The van der Waals surface area contributed by atoms with Crippen LogP contribution < -0.4 is 16.8 Å². The molecule has 2 aromatic rings. The van der Waals surface area contributed by atoms with Crippen molar-refractivity contribution in [3.8, 4) is 0 Å². The third-order valence-electron chi connectivity index (χ3n) is 3.30. The highest BCUT2D eigenvalue weighted by Gasteiger charge is 2.22. The Morgan fingerprint density at radius 2 is 1.67 bits per heavy atom. The number of carbonyl (C=O) groups is 2. The van der Waals surface area contributed by atoms with Crippen molar-refractivity contribution in [1.29, 1.82) is 0 Å². The Hall–Kier alpha value is -3.35. The van der Waals surface area contributed by atoms with Crippen LogP contribution in [0.1, 0.15) is 15.9 Å². The van der Waals surface area contributed by atoms with Crippen LogP contribution in [0, 0.1) is 0 Å². The topological polar surface area (TPSA) is 131 Å². The molecule has 0 fully saturated rings. The van der Waals surface area contributed by atoms with E-state index in [2.05, 4.69) is 10.3 Å². The minimum Gasteiger partial charge on any atom is -0.480 e. The summed E-state index contributed by atoms with van der Waals surface area (Å²) >= 11 is 0. The van der Waals surface area contributed by atoms with E-state index in [4.69, 9.17) is 11.5 Å². The molecule has 1 unspecified atom stereocenters. The Morgan fingerprint density at radius 3 is 2.29 bits per heavy atom. The van der Waals surface area contributed by atoms with Crippen molar-refractivity contribution < 1.29 is 14.7 Å². The Kier molecular flexibility index (Phi) is 5.51. The van der Waals surface area contributed by atoms with E-state index in [0.29, 0.717) is 16.8 Å². The number of rotatable bonds is 6. The van der Waals surface area contributed by atoms with Gasteiger partial charge in [0.25, 0.3) is 5.91 Å². The summed E-state index contributed by atoms with van der Waals surface area (Å²) in [7, 11) is 0. The molecule has 0 saturated heterocycles. The molecule has 0 bridgehead atoms. The molecule has 2 rings (SSSR count). The van der Waals surface area contributed by atoms with Gasteiger partial charge in [0.15, 0.2) is 5.96 Å². The van der Waals surface area contributed by atoms with Crippen LogP contribution >= 0.6 is 0 Å². The maximum atomic E-state index is 12.2. The van der Waals surface area contributed by atoms with E-state index in [-0.39, 0.29) is 12.4 Å². The second-order valence-corrected chi connectivity index (χ2v) is 5.10. The third kappa shape index (κ3) is 4.57. The fourth-order valence-electron chi connectivity index (χ4n) is 2.18. The fourth-order valence-corrected chi connectivity index (χ4v) is 2.18. The van der Waals surface area contributed by atoms with Crippen LogP contribution in [-0.2, 0) is 11.2 Å². The van der Waals surface area contributed by atoms with Crippen LogP contribution in [0.15, 0.2) is 59.6 Å². The Morgan fingerprint density at radius 1 is 1.04 bits per heavy atom. The number of benzene rings is 2. The second kappa shape index (κ2) is 7.77. The number of para-hydroxylation sites is 1. The Labute approximate surface area is 139 Å². The molecule has 0 heterocycles. The highest BCUT2D eigenvalue weighted by Crippen LogP contribution is 2.20. The number of aliphatic carboxylic acids is 1. The summed E-state index contributed by atoms with van der Waals surface area (Å²) in [6.07, 6.45) is 0.0564. The van der Waals surface area contributed by atoms with Crippen molar-refractivity contribution in [2.75, 3.05) is 0 Å². The van der Waals surface area contributed by atoms with Gasteiger partial charge in [-0.25, -0.2) is 9.79 Å². The molecule has 6 N–H and O–H groups in total. The summed E-state index contributed by atoms with van der Waals surface area (Å²) < 4.78 is 0. The first-order valence-electron chi connectivity index (χ1n) is 7.23.